The molecule has 0 aliphatic carbocycles. The van der Waals surface area contributed by atoms with Crippen molar-refractivity contribution in [2.45, 2.75) is 25.7 Å². The number of benzene rings is 2. The fraction of sp³-hybridized carbons (Fsp3) is 0.300. The summed E-state index contributed by atoms with van der Waals surface area (Å²) in [4.78, 5) is 19.1. The molecule has 0 radical (unpaired) electrons. The second-order valence-electron chi connectivity index (χ2n) is 6.23. The van der Waals surface area contributed by atoms with Crippen molar-refractivity contribution in [1.82, 2.24) is 4.90 Å². The topological polar surface area (TPSA) is 41.9 Å². The van der Waals surface area contributed by atoms with E-state index >= 15 is 0 Å². The summed E-state index contributed by atoms with van der Waals surface area (Å²) in [5.41, 5.74) is 1.75. The molecule has 1 heterocycles. The molecule has 26 heavy (non-hydrogen) atoms. The molecule has 1 amide bonds. The quantitative estimate of drug-likeness (QED) is 0.733. The first-order chi connectivity index (χ1) is 12.5. The Morgan fingerprint density at radius 1 is 1.27 bits per heavy atom. The summed E-state index contributed by atoms with van der Waals surface area (Å²) in [5.74, 6) is 1.46. The van der Waals surface area contributed by atoms with Crippen molar-refractivity contribution in [3.05, 3.63) is 64.7 Å². The number of thioether (sulfide) groups is 1. The van der Waals surface area contributed by atoms with Crippen molar-refractivity contribution in [1.29, 1.82) is 0 Å². The predicted molar refractivity (Wildman–Crippen MR) is 108 cm³/mol. The molecule has 1 aliphatic heterocycles. The van der Waals surface area contributed by atoms with Gasteiger partial charge < -0.3 is 4.74 Å². The predicted octanol–water partition coefficient (Wildman–Crippen LogP) is 4.87. The first-order valence-electron chi connectivity index (χ1n) is 8.53. The lowest BCUT2D eigenvalue weighted by molar-refractivity contribution is 0.0860. The van der Waals surface area contributed by atoms with E-state index in [1.807, 2.05) is 50.2 Å². The van der Waals surface area contributed by atoms with Crippen LogP contribution in [0.1, 0.15) is 29.8 Å². The normalized spacial score (nSPS) is 13.8. The van der Waals surface area contributed by atoms with Crippen LogP contribution in [0.3, 0.4) is 0 Å². The highest BCUT2D eigenvalue weighted by Gasteiger charge is 2.25. The zero-order valence-corrected chi connectivity index (χ0v) is 16.4. The number of carbonyl (C=O) groups excluding carboxylic acids is 1. The lowest BCUT2D eigenvalue weighted by atomic mass is 10.2. The van der Waals surface area contributed by atoms with Gasteiger partial charge in [0.15, 0.2) is 5.17 Å². The monoisotopic (exact) mass is 388 g/mol. The van der Waals surface area contributed by atoms with E-state index in [0.717, 1.165) is 22.2 Å². The summed E-state index contributed by atoms with van der Waals surface area (Å²) >= 11 is 7.59. The molecule has 0 fully saturated rings. The van der Waals surface area contributed by atoms with Crippen LogP contribution >= 0.6 is 23.4 Å². The lowest BCUT2D eigenvalue weighted by Gasteiger charge is -2.18. The summed E-state index contributed by atoms with van der Waals surface area (Å²) in [6, 6.07) is 15.0. The van der Waals surface area contributed by atoms with Gasteiger partial charge in [-0.25, -0.2) is 0 Å². The third-order valence-electron chi connectivity index (χ3n) is 3.78. The Balaban J connectivity index is 1.64. The molecule has 6 heteroatoms. The third-order valence-corrected chi connectivity index (χ3v) is 5.10. The Morgan fingerprint density at radius 2 is 2.04 bits per heavy atom. The van der Waals surface area contributed by atoms with Gasteiger partial charge in [-0.3, -0.25) is 14.7 Å². The van der Waals surface area contributed by atoms with E-state index in [-0.39, 0.29) is 12.0 Å². The van der Waals surface area contributed by atoms with E-state index in [0.29, 0.717) is 23.7 Å². The second-order valence-corrected chi connectivity index (χ2v) is 7.61. The zero-order valence-electron chi connectivity index (χ0n) is 14.8. The number of amides is 1. The van der Waals surface area contributed by atoms with Gasteiger partial charge in [-0.05, 0) is 55.8 Å². The maximum atomic E-state index is 12.8. The van der Waals surface area contributed by atoms with Gasteiger partial charge in [0.1, 0.15) is 5.75 Å². The average Bonchev–Trinajstić information content (AvgIpc) is 3.08. The van der Waals surface area contributed by atoms with E-state index in [4.69, 9.17) is 16.3 Å². The fourth-order valence-electron chi connectivity index (χ4n) is 2.62. The molecule has 4 nitrogen and oxygen atoms in total. The molecule has 0 atom stereocenters. The van der Waals surface area contributed by atoms with Crippen LogP contribution in [0.15, 0.2) is 53.5 Å². The molecular formula is C20H21ClN2O2S. The van der Waals surface area contributed by atoms with Crippen molar-refractivity contribution < 1.29 is 9.53 Å². The van der Waals surface area contributed by atoms with Gasteiger partial charge in [-0.2, -0.15) is 0 Å². The summed E-state index contributed by atoms with van der Waals surface area (Å²) in [6.07, 6.45) is 0.108. The fourth-order valence-corrected chi connectivity index (χ4v) is 3.82. The van der Waals surface area contributed by atoms with Crippen LogP contribution < -0.4 is 4.74 Å². The van der Waals surface area contributed by atoms with Crippen LogP contribution in [-0.4, -0.2) is 35.2 Å². The van der Waals surface area contributed by atoms with Crippen molar-refractivity contribution in [2.75, 3.05) is 13.1 Å². The molecule has 2 aromatic carbocycles. The van der Waals surface area contributed by atoms with Crippen molar-refractivity contribution in [2.24, 2.45) is 4.99 Å². The van der Waals surface area contributed by atoms with Gasteiger partial charge in [0.2, 0.25) is 0 Å². The van der Waals surface area contributed by atoms with E-state index in [9.17, 15) is 4.79 Å². The third kappa shape index (κ3) is 4.80. The number of carbonyl (C=O) groups is 1. The molecule has 0 spiro atoms. The summed E-state index contributed by atoms with van der Waals surface area (Å²) in [5, 5.41) is 1.48. The average molecular weight is 389 g/mol. The van der Waals surface area contributed by atoms with Gasteiger partial charge in [0.25, 0.3) is 5.91 Å². The Bertz CT molecular complexity index is 806. The number of rotatable bonds is 5. The van der Waals surface area contributed by atoms with Crippen LogP contribution in [0.25, 0.3) is 0 Å². The van der Waals surface area contributed by atoms with Crippen LogP contribution in [0.5, 0.6) is 5.75 Å². The van der Waals surface area contributed by atoms with E-state index in [1.54, 1.807) is 28.8 Å². The molecule has 0 bridgehead atoms. The van der Waals surface area contributed by atoms with E-state index < -0.39 is 0 Å². The minimum atomic E-state index is -0.0315. The number of halogens is 1. The SMILES string of the molecule is CC(C)Oc1ccc(C(=O)N2CCN=C2SCc2cccc(Cl)c2)cc1. The minimum absolute atomic E-state index is 0.0315. The maximum absolute atomic E-state index is 12.8. The molecule has 1 aliphatic rings. The number of ether oxygens (including phenoxy) is 1. The summed E-state index contributed by atoms with van der Waals surface area (Å²) in [6.45, 7) is 5.20. The van der Waals surface area contributed by atoms with Gasteiger partial charge in [0, 0.05) is 22.9 Å². The standard InChI is InChI=1S/C20H21ClN2O2S/c1-14(2)25-18-8-6-16(7-9-18)19(24)23-11-10-22-20(23)26-13-15-4-3-5-17(21)12-15/h3-9,12,14H,10-11,13H2,1-2H3. The molecule has 136 valence electrons. The molecule has 0 N–H and O–H groups in total. The van der Waals surface area contributed by atoms with E-state index in [2.05, 4.69) is 4.99 Å². The Labute approximate surface area is 163 Å². The molecule has 0 saturated carbocycles. The van der Waals surface area contributed by atoms with Crippen LogP contribution in [0.4, 0.5) is 0 Å². The molecule has 2 aromatic rings. The van der Waals surface area contributed by atoms with Gasteiger partial charge in [-0.1, -0.05) is 35.5 Å². The van der Waals surface area contributed by atoms with Crippen molar-refractivity contribution in [3.8, 4) is 5.75 Å². The summed E-state index contributed by atoms with van der Waals surface area (Å²) < 4.78 is 5.63. The smallest absolute Gasteiger partial charge is 0.259 e. The van der Waals surface area contributed by atoms with Crippen LogP contribution in [0, 0.1) is 0 Å². The lowest BCUT2D eigenvalue weighted by Crippen LogP contribution is -2.32. The Kier molecular flexibility index (Phi) is 6.22. The molecule has 0 unspecified atom stereocenters. The largest absolute Gasteiger partial charge is 0.491 e. The molecular weight excluding hydrogens is 368 g/mol. The highest BCUT2D eigenvalue weighted by molar-refractivity contribution is 8.13. The maximum Gasteiger partial charge on any atom is 0.259 e. The zero-order chi connectivity index (χ0) is 18.5. The van der Waals surface area contributed by atoms with Crippen LogP contribution in [-0.2, 0) is 5.75 Å². The van der Waals surface area contributed by atoms with Gasteiger partial charge in [-0.15, -0.1) is 0 Å². The molecule has 0 saturated heterocycles. The highest BCUT2D eigenvalue weighted by Crippen LogP contribution is 2.23. The molecule has 3 rings (SSSR count). The molecule has 0 aromatic heterocycles. The first-order valence-corrected chi connectivity index (χ1v) is 9.89. The van der Waals surface area contributed by atoms with Crippen molar-refractivity contribution >= 4 is 34.4 Å². The van der Waals surface area contributed by atoms with E-state index in [1.165, 1.54) is 0 Å². The van der Waals surface area contributed by atoms with Crippen LogP contribution in [0.2, 0.25) is 5.02 Å². The second kappa shape index (κ2) is 8.60. The highest BCUT2D eigenvalue weighted by atomic mass is 35.5. The minimum Gasteiger partial charge on any atom is -0.491 e. The Morgan fingerprint density at radius 3 is 2.73 bits per heavy atom. The number of hydrogen-bond donors (Lipinski definition) is 0. The number of hydrogen-bond acceptors (Lipinski definition) is 4. The first kappa shape index (κ1) is 18.8. The van der Waals surface area contributed by atoms with Gasteiger partial charge >= 0.3 is 0 Å². The van der Waals surface area contributed by atoms with Crippen molar-refractivity contribution in [3.63, 3.8) is 0 Å². The summed E-state index contributed by atoms with van der Waals surface area (Å²) in [7, 11) is 0. The number of amidine groups is 1. The van der Waals surface area contributed by atoms with Gasteiger partial charge in [0.05, 0.1) is 12.6 Å². The number of aliphatic imine (C=N–C) groups is 1. The number of nitrogens with zero attached hydrogens (tertiary/aromatic N) is 2. The Hall–Kier alpha value is -1.98.